The maximum atomic E-state index is 3.93. The van der Waals surface area contributed by atoms with Gasteiger partial charge in [-0.3, -0.25) is 0 Å². The topological polar surface area (TPSA) is 0 Å². The molecule has 0 N–H and O–H groups in total. The lowest BCUT2D eigenvalue weighted by molar-refractivity contribution is 0.151. The summed E-state index contributed by atoms with van der Waals surface area (Å²) >= 11 is 0. The van der Waals surface area contributed by atoms with E-state index in [9.17, 15) is 0 Å². The Labute approximate surface area is 99.8 Å². The molecule has 0 saturated heterocycles. The first-order chi connectivity index (χ1) is 7.38. The highest BCUT2D eigenvalue weighted by Gasteiger charge is 2.60. The van der Waals surface area contributed by atoms with E-state index < -0.39 is 0 Å². The van der Waals surface area contributed by atoms with Gasteiger partial charge in [-0.1, -0.05) is 25.7 Å². The summed E-state index contributed by atoms with van der Waals surface area (Å²) in [5.41, 5.74) is 0. The Morgan fingerprint density at radius 2 is 1.81 bits per heavy atom. The molecule has 0 aromatic heterocycles. The van der Waals surface area contributed by atoms with Crippen LogP contribution in [0.1, 0.15) is 33.1 Å². The third-order valence-corrected chi connectivity index (χ3v) is 5.88. The predicted molar refractivity (Wildman–Crippen MR) is 69.0 cm³/mol. The molecule has 3 fully saturated rings. The maximum absolute atomic E-state index is 3.93. The lowest BCUT2D eigenvalue weighted by Gasteiger charge is -2.36. The normalized spacial score (nSPS) is 55.1. The fraction of sp³-hybridized carbons (Fsp3) is 0.750. The van der Waals surface area contributed by atoms with Crippen LogP contribution in [0.2, 0.25) is 0 Å². The summed E-state index contributed by atoms with van der Waals surface area (Å²) in [6.45, 7) is 3.93. The summed E-state index contributed by atoms with van der Waals surface area (Å²) in [4.78, 5) is 0. The summed E-state index contributed by atoms with van der Waals surface area (Å²) < 4.78 is 0. The van der Waals surface area contributed by atoms with Gasteiger partial charge in [0.15, 0.2) is 0 Å². The number of rotatable bonds is 2. The maximum Gasteiger partial charge on any atom is -0.0194 e. The molecule has 0 aliphatic heterocycles. The molecule has 0 spiro atoms. The van der Waals surface area contributed by atoms with Crippen molar-refractivity contribution in [3.63, 3.8) is 0 Å². The van der Waals surface area contributed by atoms with Crippen LogP contribution in [0.3, 0.4) is 0 Å². The summed E-state index contributed by atoms with van der Waals surface area (Å²) in [5, 5.41) is 0. The Kier molecular flexibility index (Phi) is 2.31. The molecule has 4 aliphatic rings. The van der Waals surface area contributed by atoms with Gasteiger partial charge in [0.1, 0.15) is 0 Å². The van der Waals surface area contributed by atoms with E-state index >= 15 is 0 Å². The van der Waals surface area contributed by atoms with Gasteiger partial charge in [0.2, 0.25) is 0 Å². The highest BCUT2D eigenvalue weighted by Crippen LogP contribution is 2.67. The Morgan fingerprint density at radius 1 is 1.06 bits per heavy atom. The van der Waals surface area contributed by atoms with E-state index in [1.54, 1.807) is 6.42 Å². The summed E-state index contributed by atoms with van der Waals surface area (Å²) in [6, 6.07) is 0. The number of fused-ring (bicyclic) bond motifs is 9. The van der Waals surface area contributed by atoms with E-state index in [0.717, 1.165) is 41.4 Å². The molecule has 16 heavy (non-hydrogen) atoms. The fourth-order valence-corrected chi connectivity index (χ4v) is 5.64. The number of allylic oxidation sites excluding steroid dienone is 3. The minimum absolute atomic E-state index is 0. The second-order valence-electron chi connectivity index (χ2n) is 6.28. The molecule has 0 aromatic rings. The van der Waals surface area contributed by atoms with Gasteiger partial charge in [0.05, 0.1) is 0 Å². The van der Waals surface area contributed by atoms with Gasteiger partial charge in [0, 0.05) is 0 Å². The van der Waals surface area contributed by atoms with Gasteiger partial charge in [-0.2, -0.15) is 0 Å². The summed E-state index contributed by atoms with van der Waals surface area (Å²) in [5.74, 6) is 7.31. The molecule has 0 heterocycles. The van der Waals surface area contributed by atoms with Gasteiger partial charge in [-0.05, 0) is 67.1 Å². The molecule has 0 aromatic carbocycles. The summed E-state index contributed by atoms with van der Waals surface area (Å²) in [6.07, 6.45) is 13.1. The van der Waals surface area contributed by atoms with E-state index in [0.29, 0.717) is 0 Å². The molecule has 4 bridgehead atoms. The second-order valence-corrected chi connectivity index (χ2v) is 6.28. The molecule has 88 valence electrons. The quantitative estimate of drug-likeness (QED) is 0.477. The zero-order valence-corrected chi connectivity index (χ0v) is 9.31. The van der Waals surface area contributed by atoms with Crippen molar-refractivity contribution >= 4 is 0 Å². The molecule has 0 nitrogen and oxygen atoms in total. The largest absolute Gasteiger partial charge is 0.103 e. The van der Waals surface area contributed by atoms with Crippen LogP contribution in [0.5, 0.6) is 0 Å². The van der Waals surface area contributed by atoms with Crippen LogP contribution in [0, 0.1) is 41.4 Å². The molecule has 0 heteroatoms. The van der Waals surface area contributed by atoms with Crippen molar-refractivity contribution < 1.29 is 0 Å². The predicted octanol–water partition coefficient (Wildman–Crippen LogP) is 4.29. The van der Waals surface area contributed by atoms with Crippen LogP contribution < -0.4 is 0 Å². The molecule has 0 amide bonds. The van der Waals surface area contributed by atoms with Crippen molar-refractivity contribution in [2.24, 2.45) is 41.4 Å². The Morgan fingerprint density at radius 3 is 2.56 bits per heavy atom. The fourth-order valence-electron chi connectivity index (χ4n) is 5.64. The van der Waals surface area contributed by atoms with Gasteiger partial charge in [0.25, 0.3) is 0 Å². The lowest BCUT2D eigenvalue weighted by Crippen LogP contribution is -2.30. The van der Waals surface area contributed by atoms with Gasteiger partial charge < -0.3 is 0 Å². The highest BCUT2D eigenvalue weighted by atomic mass is 14.6. The highest BCUT2D eigenvalue weighted by molar-refractivity contribution is 5.20. The van der Waals surface area contributed by atoms with Crippen LogP contribution in [-0.4, -0.2) is 0 Å². The van der Waals surface area contributed by atoms with E-state index in [1.807, 2.05) is 0 Å². The van der Waals surface area contributed by atoms with Crippen molar-refractivity contribution in [2.45, 2.75) is 33.1 Å². The van der Waals surface area contributed by atoms with Crippen molar-refractivity contribution in [1.82, 2.24) is 0 Å². The minimum Gasteiger partial charge on any atom is -0.103 e. The van der Waals surface area contributed by atoms with Crippen LogP contribution in [-0.2, 0) is 0 Å². The van der Waals surface area contributed by atoms with Crippen LogP contribution in [0.4, 0.5) is 0 Å². The van der Waals surface area contributed by atoms with Crippen molar-refractivity contribution in [1.29, 1.82) is 0 Å². The van der Waals surface area contributed by atoms with Gasteiger partial charge in [-0.15, -0.1) is 6.58 Å². The van der Waals surface area contributed by atoms with Crippen LogP contribution in [0.25, 0.3) is 0 Å². The first kappa shape index (κ1) is 10.6. The smallest absolute Gasteiger partial charge is 0.0194 e. The van der Waals surface area contributed by atoms with E-state index in [1.165, 1.54) is 19.3 Å². The SMILES string of the molecule is C.C=CCC1CC2CC1C1C3C=CC(C3)C21. The first-order valence-corrected chi connectivity index (χ1v) is 6.67. The second kappa shape index (κ2) is 3.48. The Bertz CT molecular complexity index is 327. The average Bonchev–Trinajstić information content (AvgIpc) is 2.95. The summed E-state index contributed by atoms with van der Waals surface area (Å²) in [7, 11) is 0. The zero-order valence-electron chi connectivity index (χ0n) is 9.31. The minimum atomic E-state index is 0. The zero-order chi connectivity index (χ0) is 9.99. The number of hydrogen-bond acceptors (Lipinski definition) is 0. The van der Waals surface area contributed by atoms with E-state index in [4.69, 9.17) is 0 Å². The Balaban J connectivity index is 0.000000810. The van der Waals surface area contributed by atoms with E-state index in [-0.39, 0.29) is 7.43 Å². The van der Waals surface area contributed by atoms with Crippen LogP contribution in [0.15, 0.2) is 24.8 Å². The van der Waals surface area contributed by atoms with Gasteiger partial charge >= 0.3 is 0 Å². The van der Waals surface area contributed by atoms with Crippen molar-refractivity contribution in [3.8, 4) is 0 Å². The molecule has 7 unspecified atom stereocenters. The monoisotopic (exact) mass is 216 g/mol. The molecular weight excluding hydrogens is 192 g/mol. The van der Waals surface area contributed by atoms with Crippen molar-refractivity contribution in [2.75, 3.05) is 0 Å². The van der Waals surface area contributed by atoms with Crippen LogP contribution >= 0.6 is 0 Å². The molecule has 4 aliphatic carbocycles. The van der Waals surface area contributed by atoms with Gasteiger partial charge in [-0.25, -0.2) is 0 Å². The van der Waals surface area contributed by atoms with E-state index in [2.05, 4.69) is 24.8 Å². The third-order valence-electron chi connectivity index (χ3n) is 5.88. The number of hydrogen-bond donors (Lipinski definition) is 0. The molecule has 3 saturated carbocycles. The standard InChI is InChI=1S/C15H20.CH4/c1-2-3-9-6-12-8-13(9)15-11-5-4-10(7-11)14(12)15;/h2,4-5,9-15H,1,3,6-8H2;1H4. The molecule has 7 atom stereocenters. The first-order valence-electron chi connectivity index (χ1n) is 6.67. The molecule has 4 rings (SSSR count). The third kappa shape index (κ3) is 1.11. The molecular formula is C16H24. The molecule has 0 radical (unpaired) electrons. The average molecular weight is 216 g/mol. The Hall–Kier alpha value is -0.520. The lowest BCUT2D eigenvalue weighted by atomic mass is 9.69. The van der Waals surface area contributed by atoms with Crippen molar-refractivity contribution in [3.05, 3.63) is 24.8 Å².